The van der Waals surface area contributed by atoms with Crippen molar-refractivity contribution in [2.75, 3.05) is 10.6 Å². The van der Waals surface area contributed by atoms with Gasteiger partial charge in [-0.2, -0.15) is 13.2 Å². The molecule has 0 bridgehead atoms. The van der Waals surface area contributed by atoms with Crippen LogP contribution < -0.4 is 10.6 Å². The van der Waals surface area contributed by atoms with Crippen LogP contribution in [0.15, 0.2) is 85.2 Å². The van der Waals surface area contributed by atoms with Gasteiger partial charge in [-0.15, -0.1) is 0 Å². The van der Waals surface area contributed by atoms with Crippen molar-refractivity contribution < 1.29 is 18.1 Å². The molecule has 3 aromatic carbocycles. The summed E-state index contributed by atoms with van der Waals surface area (Å²) in [5.74, 6) is -0.377. The van der Waals surface area contributed by atoms with E-state index in [1.165, 1.54) is 6.07 Å². The smallest absolute Gasteiger partial charge is 0.353 e. The van der Waals surface area contributed by atoms with Gasteiger partial charge in [-0.25, -0.2) is 9.97 Å². The van der Waals surface area contributed by atoms with Crippen molar-refractivity contribution in [1.82, 2.24) is 9.97 Å². The van der Waals surface area contributed by atoms with Gasteiger partial charge in [-0.1, -0.05) is 72.3 Å². The van der Waals surface area contributed by atoms with Crippen molar-refractivity contribution >= 4 is 34.6 Å². The van der Waals surface area contributed by atoms with Crippen molar-refractivity contribution in [3.05, 3.63) is 117 Å². The highest BCUT2D eigenvalue weighted by atomic mass is 35.5. The number of anilines is 3. The summed E-state index contributed by atoms with van der Waals surface area (Å²) in [4.78, 5) is 19.3. The largest absolute Gasteiger partial charge is 0.417 e. The number of nitro groups is 1. The summed E-state index contributed by atoms with van der Waals surface area (Å²) in [6.45, 7) is 0. The molecule has 0 aliphatic rings. The first-order valence-electron chi connectivity index (χ1n) is 10.2. The molecule has 0 aliphatic heterocycles. The summed E-state index contributed by atoms with van der Waals surface area (Å²) < 4.78 is 39.7. The fourth-order valence-electron chi connectivity index (χ4n) is 3.49. The molecule has 0 unspecified atom stereocenters. The van der Waals surface area contributed by atoms with Gasteiger partial charge in [-0.3, -0.25) is 10.1 Å². The third kappa shape index (κ3) is 5.49. The summed E-state index contributed by atoms with van der Waals surface area (Å²) in [5, 5.41) is 17.2. The van der Waals surface area contributed by atoms with Crippen LogP contribution in [0.5, 0.6) is 0 Å². The maximum atomic E-state index is 13.2. The summed E-state index contributed by atoms with van der Waals surface area (Å²) in [6, 6.07) is 21.1. The molecule has 35 heavy (non-hydrogen) atoms. The molecule has 2 N–H and O–H groups in total. The van der Waals surface area contributed by atoms with E-state index in [-0.39, 0.29) is 17.3 Å². The van der Waals surface area contributed by atoms with Crippen molar-refractivity contribution in [3.8, 4) is 0 Å². The Balaban J connectivity index is 1.74. The first-order chi connectivity index (χ1) is 16.7. The van der Waals surface area contributed by atoms with Crippen LogP contribution in [0.1, 0.15) is 22.7 Å². The van der Waals surface area contributed by atoms with Crippen molar-refractivity contribution in [3.63, 3.8) is 0 Å². The minimum absolute atomic E-state index is 0.0721. The zero-order chi connectivity index (χ0) is 25.0. The third-order valence-corrected chi connectivity index (χ3v) is 5.42. The number of benzene rings is 3. The number of aromatic nitrogens is 2. The minimum atomic E-state index is -4.70. The predicted molar refractivity (Wildman–Crippen MR) is 127 cm³/mol. The molecule has 0 saturated carbocycles. The van der Waals surface area contributed by atoms with E-state index in [0.29, 0.717) is 0 Å². The van der Waals surface area contributed by atoms with Crippen LogP contribution in [-0.4, -0.2) is 14.9 Å². The summed E-state index contributed by atoms with van der Waals surface area (Å²) in [6.07, 6.45) is -3.61. The molecule has 0 aliphatic carbocycles. The van der Waals surface area contributed by atoms with Crippen LogP contribution in [0.3, 0.4) is 0 Å². The second-order valence-electron chi connectivity index (χ2n) is 7.39. The summed E-state index contributed by atoms with van der Waals surface area (Å²) >= 11 is 5.67. The van der Waals surface area contributed by atoms with Crippen LogP contribution in [0.2, 0.25) is 5.02 Å². The van der Waals surface area contributed by atoms with Gasteiger partial charge in [-0.05, 0) is 29.3 Å². The first kappa shape index (κ1) is 24.0. The lowest BCUT2D eigenvalue weighted by molar-refractivity contribution is -0.383. The second kappa shape index (κ2) is 9.98. The molecule has 0 atom stereocenters. The standard InChI is InChI=1S/C24H17ClF3N5O2/c25-19-12-11-17(13-18(19)24(26,27)28)31-22-21(33(34)35)23(30-14-29-22)32-20(15-7-3-1-4-8-15)16-9-5-2-6-10-16/h1-14,20H,(H2,29,30,31,32). The van der Waals surface area contributed by atoms with Crippen LogP contribution >= 0.6 is 11.6 Å². The zero-order valence-corrected chi connectivity index (χ0v) is 18.6. The maximum absolute atomic E-state index is 13.2. The molecule has 7 nitrogen and oxygen atoms in total. The fourth-order valence-corrected chi connectivity index (χ4v) is 3.72. The molecule has 1 aromatic heterocycles. The minimum Gasteiger partial charge on any atom is -0.353 e. The molecule has 0 saturated heterocycles. The quantitative estimate of drug-likeness (QED) is 0.210. The number of rotatable bonds is 7. The Labute approximate surface area is 202 Å². The van der Waals surface area contributed by atoms with Gasteiger partial charge in [0.2, 0.25) is 11.6 Å². The van der Waals surface area contributed by atoms with E-state index in [4.69, 9.17) is 11.6 Å². The number of nitrogens with zero attached hydrogens (tertiary/aromatic N) is 3. The molecule has 0 fully saturated rings. The average Bonchev–Trinajstić information content (AvgIpc) is 2.84. The Morgan fingerprint density at radius 1 is 0.886 bits per heavy atom. The lowest BCUT2D eigenvalue weighted by Crippen LogP contribution is -2.15. The Kier molecular flexibility index (Phi) is 6.83. The van der Waals surface area contributed by atoms with E-state index in [9.17, 15) is 23.3 Å². The number of hydrogen-bond donors (Lipinski definition) is 2. The Hall–Kier alpha value is -4.18. The molecule has 178 valence electrons. The van der Waals surface area contributed by atoms with Gasteiger partial charge in [0.25, 0.3) is 0 Å². The van der Waals surface area contributed by atoms with E-state index in [2.05, 4.69) is 20.6 Å². The van der Waals surface area contributed by atoms with E-state index in [1.54, 1.807) is 0 Å². The van der Waals surface area contributed by atoms with Crippen LogP contribution in [0.4, 0.5) is 36.2 Å². The molecule has 4 aromatic rings. The molecule has 11 heteroatoms. The van der Waals surface area contributed by atoms with Crippen molar-refractivity contribution in [2.24, 2.45) is 0 Å². The summed E-state index contributed by atoms with van der Waals surface area (Å²) in [5.41, 5.74) is -0.0141. The lowest BCUT2D eigenvalue weighted by atomic mass is 9.99. The van der Waals surface area contributed by atoms with E-state index >= 15 is 0 Å². The highest BCUT2D eigenvalue weighted by Crippen LogP contribution is 2.39. The monoisotopic (exact) mass is 499 g/mol. The van der Waals surface area contributed by atoms with Gasteiger partial charge in [0, 0.05) is 5.69 Å². The number of halogens is 4. The molecule has 1 heterocycles. The number of nitrogens with one attached hydrogen (secondary N) is 2. The van der Waals surface area contributed by atoms with Gasteiger partial charge in [0.15, 0.2) is 0 Å². The molecule has 0 radical (unpaired) electrons. The topological polar surface area (TPSA) is 93.0 Å². The van der Waals surface area contributed by atoms with Gasteiger partial charge in [0.05, 0.1) is 21.6 Å². The highest BCUT2D eigenvalue weighted by molar-refractivity contribution is 6.31. The average molecular weight is 500 g/mol. The normalized spacial score (nSPS) is 11.3. The van der Waals surface area contributed by atoms with Crippen molar-refractivity contribution in [1.29, 1.82) is 0 Å². The predicted octanol–water partition coefficient (Wildman–Crippen LogP) is 7.00. The van der Waals surface area contributed by atoms with E-state index in [0.717, 1.165) is 29.6 Å². The highest BCUT2D eigenvalue weighted by Gasteiger charge is 2.34. The van der Waals surface area contributed by atoms with Crippen LogP contribution in [0, 0.1) is 10.1 Å². The maximum Gasteiger partial charge on any atom is 0.417 e. The van der Waals surface area contributed by atoms with E-state index in [1.807, 2.05) is 60.7 Å². The SMILES string of the molecule is O=[N+]([O-])c1c(Nc2ccc(Cl)c(C(F)(F)F)c2)ncnc1NC(c1ccccc1)c1ccccc1. The number of alkyl halides is 3. The van der Waals surface area contributed by atoms with E-state index < -0.39 is 33.4 Å². The molecule has 4 rings (SSSR count). The van der Waals surface area contributed by atoms with Gasteiger partial charge in [0.1, 0.15) is 6.33 Å². The van der Waals surface area contributed by atoms with Gasteiger partial charge >= 0.3 is 11.9 Å². The number of hydrogen-bond acceptors (Lipinski definition) is 6. The van der Waals surface area contributed by atoms with Gasteiger partial charge < -0.3 is 10.6 Å². The van der Waals surface area contributed by atoms with Crippen LogP contribution in [0.25, 0.3) is 0 Å². The third-order valence-electron chi connectivity index (χ3n) is 5.09. The molecule has 0 spiro atoms. The molecular formula is C24H17ClF3N5O2. The molecule has 0 amide bonds. The Morgan fingerprint density at radius 3 is 2.00 bits per heavy atom. The fraction of sp³-hybridized carbons (Fsp3) is 0.0833. The second-order valence-corrected chi connectivity index (χ2v) is 7.80. The Morgan fingerprint density at radius 2 is 1.46 bits per heavy atom. The lowest BCUT2D eigenvalue weighted by Gasteiger charge is -2.21. The van der Waals surface area contributed by atoms with Crippen LogP contribution in [-0.2, 0) is 6.18 Å². The zero-order valence-electron chi connectivity index (χ0n) is 17.8. The van der Waals surface area contributed by atoms with Crippen molar-refractivity contribution in [2.45, 2.75) is 12.2 Å². The molecular weight excluding hydrogens is 483 g/mol. The first-order valence-corrected chi connectivity index (χ1v) is 10.6. The Bertz CT molecular complexity index is 1300. The summed E-state index contributed by atoms with van der Waals surface area (Å²) in [7, 11) is 0.